The van der Waals surface area contributed by atoms with Crippen LogP contribution in [0.2, 0.25) is 0 Å². The Morgan fingerprint density at radius 2 is 2.07 bits per heavy atom. The molecule has 1 atom stereocenters. The van der Waals surface area contributed by atoms with Crippen molar-refractivity contribution >= 4 is 32.7 Å². The zero-order valence-electron chi connectivity index (χ0n) is 15.3. The molecule has 3 aromatic rings. The van der Waals surface area contributed by atoms with Gasteiger partial charge in [-0.2, -0.15) is 0 Å². The second-order valence-corrected chi connectivity index (χ2v) is 7.68. The van der Waals surface area contributed by atoms with E-state index in [-0.39, 0.29) is 17.5 Å². The number of thiazole rings is 1. The Bertz CT molecular complexity index is 1040. The van der Waals surface area contributed by atoms with Crippen LogP contribution < -0.4 is 15.8 Å². The lowest BCUT2D eigenvalue weighted by atomic mass is 10.2. The van der Waals surface area contributed by atoms with E-state index in [0.29, 0.717) is 27.8 Å². The van der Waals surface area contributed by atoms with E-state index < -0.39 is 0 Å². The topological polar surface area (TPSA) is 80.1 Å². The highest BCUT2D eigenvalue weighted by Crippen LogP contribution is 2.31. The summed E-state index contributed by atoms with van der Waals surface area (Å²) in [6.45, 7) is 3.06. The summed E-state index contributed by atoms with van der Waals surface area (Å²) in [4.78, 5) is 36.8. The third-order valence-corrected chi connectivity index (χ3v) is 5.95. The maximum Gasteiger partial charge on any atom is 0.280 e. The molecule has 2 aromatic heterocycles. The third-order valence-electron chi connectivity index (χ3n) is 4.96. The highest BCUT2D eigenvalue weighted by atomic mass is 32.1. The van der Waals surface area contributed by atoms with Crippen molar-refractivity contribution in [2.24, 2.45) is 7.05 Å². The molecule has 1 amide bonds. The number of rotatable bonds is 4. The maximum absolute atomic E-state index is 12.7. The molecule has 1 N–H and O–H groups in total. The van der Waals surface area contributed by atoms with E-state index in [4.69, 9.17) is 0 Å². The second-order valence-electron chi connectivity index (χ2n) is 6.73. The van der Waals surface area contributed by atoms with Crippen LogP contribution in [0.4, 0.5) is 5.13 Å². The molecule has 1 aliphatic rings. The first-order chi connectivity index (χ1) is 13.0. The fraction of sp³-hybridized carbons (Fsp3) is 0.368. The number of aromatic nitrogens is 3. The number of carbonyl (C=O) groups is 1. The van der Waals surface area contributed by atoms with Crippen molar-refractivity contribution in [3.05, 3.63) is 52.1 Å². The highest BCUT2D eigenvalue weighted by Gasteiger charge is 2.33. The molecule has 140 valence electrons. The van der Waals surface area contributed by atoms with Crippen molar-refractivity contribution in [1.82, 2.24) is 19.9 Å². The van der Waals surface area contributed by atoms with Crippen LogP contribution in [0.1, 0.15) is 24.2 Å². The predicted molar refractivity (Wildman–Crippen MR) is 106 cm³/mol. The van der Waals surface area contributed by atoms with Crippen molar-refractivity contribution in [2.75, 3.05) is 11.4 Å². The predicted octanol–water partition coefficient (Wildman–Crippen LogP) is 1.98. The van der Waals surface area contributed by atoms with Crippen LogP contribution >= 0.6 is 11.3 Å². The molecule has 3 heterocycles. The van der Waals surface area contributed by atoms with Crippen LogP contribution in [0.5, 0.6) is 0 Å². The molecule has 0 saturated carbocycles. The summed E-state index contributed by atoms with van der Waals surface area (Å²) in [5.41, 5.74) is 1.29. The quantitative estimate of drug-likeness (QED) is 0.745. The van der Waals surface area contributed by atoms with Crippen LogP contribution in [-0.2, 0) is 18.4 Å². The maximum atomic E-state index is 12.7. The Labute approximate surface area is 160 Å². The van der Waals surface area contributed by atoms with Gasteiger partial charge >= 0.3 is 0 Å². The molecule has 0 spiro atoms. The van der Waals surface area contributed by atoms with Crippen LogP contribution in [0.15, 0.2) is 35.1 Å². The lowest BCUT2D eigenvalue weighted by molar-refractivity contribution is -0.122. The zero-order valence-corrected chi connectivity index (χ0v) is 16.1. The monoisotopic (exact) mass is 383 g/mol. The third kappa shape index (κ3) is 3.32. The minimum atomic E-state index is -0.265. The number of amides is 1. The number of nitrogens with one attached hydrogen (secondary N) is 1. The van der Waals surface area contributed by atoms with Gasteiger partial charge in [-0.05, 0) is 25.3 Å². The molecular formula is C19H21N5O2S. The van der Waals surface area contributed by atoms with Gasteiger partial charge in [-0.15, -0.1) is 0 Å². The van der Waals surface area contributed by atoms with Gasteiger partial charge in [0.1, 0.15) is 11.9 Å². The lowest BCUT2D eigenvalue weighted by Crippen LogP contribution is -2.43. The first kappa shape index (κ1) is 17.7. The molecule has 1 aromatic carbocycles. The van der Waals surface area contributed by atoms with Gasteiger partial charge in [-0.1, -0.05) is 41.7 Å². The van der Waals surface area contributed by atoms with Gasteiger partial charge in [-0.3, -0.25) is 14.2 Å². The van der Waals surface area contributed by atoms with E-state index >= 15 is 0 Å². The lowest BCUT2D eigenvalue weighted by Gasteiger charge is -2.23. The number of carbonyl (C=O) groups excluding carboxylic acids is 1. The Balaban J connectivity index is 1.56. The van der Waals surface area contributed by atoms with Crippen LogP contribution in [-0.4, -0.2) is 33.0 Å². The Morgan fingerprint density at radius 1 is 1.30 bits per heavy atom. The molecule has 7 nitrogen and oxygen atoms in total. The summed E-state index contributed by atoms with van der Waals surface area (Å²) in [6.07, 6.45) is 1.70. The second kappa shape index (κ2) is 7.11. The summed E-state index contributed by atoms with van der Waals surface area (Å²) >= 11 is 1.38. The van der Waals surface area contributed by atoms with Gasteiger partial charge in [0.05, 0.1) is 0 Å². The smallest absolute Gasteiger partial charge is 0.280 e. The van der Waals surface area contributed by atoms with Gasteiger partial charge in [0.2, 0.25) is 5.91 Å². The Morgan fingerprint density at radius 3 is 2.85 bits per heavy atom. The van der Waals surface area contributed by atoms with Gasteiger partial charge in [0.25, 0.3) is 5.56 Å². The number of hydrogen-bond donors (Lipinski definition) is 1. The molecule has 4 rings (SSSR count). The summed E-state index contributed by atoms with van der Waals surface area (Å²) in [5.74, 6) is 0.647. The average molecular weight is 383 g/mol. The first-order valence-electron chi connectivity index (χ1n) is 8.97. The number of nitrogens with zero attached hydrogens (tertiary/aromatic N) is 4. The van der Waals surface area contributed by atoms with Gasteiger partial charge in [0.15, 0.2) is 15.5 Å². The summed E-state index contributed by atoms with van der Waals surface area (Å²) < 4.78 is 1.50. The number of hydrogen-bond acceptors (Lipinski definition) is 6. The molecular weight excluding hydrogens is 362 g/mol. The van der Waals surface area contributed by atoms with E-state index in [2.05, 4.69) is 15.3 Å². The number of benzene rings is 1. The largest absolute Gasteiger partial charge is 0.350 e. The van der Waals surface area contributed by atoms with Crippen LogP contribution in [0.3, 0.4) is 0 Å². The minimum absolute atomic E-state index is 0.00680. The average Bonchev–Trinajstić information content (AvgIpc) is 3.32. The summed E-state index contributed by atoms with van der Waals surface area (Å²) in [7, 11) is 1.69. The molecule has 0 bridgehead atoms. The van der Waals surface area contributed by atoms with Crippen molar-refractivity contribution in [3.63, 3.8) is 0 Å². The molecule has 1 unspecified atom stereocenters. The molecule has 1 aliphatic heterocycles. The molecule has 27 heavy (non-hydrogen) atoms. The SMILES string of the molecule is Cc1nc2sc(N3CCCC3C(=O)NCc3ccccc3)nc2c(=O)n1C. The van der Waals surface area contributed by atoms with Crippen molar-refractivity contribution in [1.29, 1.82) is 0 Å². The number of fused-ring (bicyclic) bond motifs is 1. The van der Waals surface area contributed by atoms with E-state index in [0.717, 1.165) is 24.9 Å². The molecule has 1 fully saturated rings. The van der Waals surface area contributed by atoms with Gasteiger partial charge in [-0.25, -0.2) is 9.97 Å². The van der Waals surface area contributed by atoms with Gasteiger partial charge < -0.3 is 10.2 Å². The molecule has 8 heteroatoms. The summed E-state index contributed by atoms with van der Waals surface area (Å²) in [6, 6.07) is 9.59. The van der Waals surface area contributed by atoms with Crippen LogP contribution in [0, 0.1) is 6.92 Å². The molecule has 0 aliphatic carbocycles. The zero-order chi connectivity index (χ0) is 19.0. The Hall–Kier alpha value is -2.74. The molecule has 1 saturated heterocycles. The minimum Gasteiger partial charge on any atom is -0.350 e. The first-order valence-corrected chi connectivity index (χ1v) is 9.78. The van der Waals surface area contributed by atoms with Crippen molar-refractivity contribution in [2.45, 2.75) is 32.4 Å². The van der Waals surface area contributed by atoms with Crippen LogP contribution in [0.25, 0.3) is 10.3 Å². The van der Waals surface area contributed by atoms with E-state index in [9.17, 15) is 9.59 Å². The normalized spacial score (nSPS) is 16.8. The fourth-order valence-electron chi connectivity index (χ4n) is 3.34. The highest BCUT2D eigenvalue weighted by molar-refractivity contribution is 7.21. The standard InChI is InChI=1S/C19H21N5O2S/c1-12-21-17-15(18(26)23(12)2)22-19(27-17)24-10-6-9-14(24)16(25)20-11-13-7-4-3-5-8-13/h3-5,7-8,14H,6,9-11H2,1-2H3,(H,20,25). The van der Waals surface area contributed by atoms with Crippen molar-refractivity contribution in [3.8, 4) is 0 Å². The molecule has 0 radical (unpaired) electrons. The Kier molecular flexibility index (Phi) is 4.65. The van der Waals surface area contributed by atoms with E-state index in [1.807, 2.05) is 35.2 Å². The van der Waals surface area contributed by atoms with E-state index in [1.54, 1.807) is 14.0 Å². The number of anilines is 1. The summed E-state index contributed by atoms with van der Waals surface area (Å²) in [5, 5.41) is 3.71. The van der Waals surface area contributed by atoms with E-state index in [1.165, 1.54) is 15.9 Å². The van der Waals surface area contributed by atoms with Crippen molar-refractivity contribution < 1.29 is 4.79 Å². The number of aryl methyl sites for hydroxylation is 1. The fourth-order valence-corrected chi connectivity index (χ4v) is 4.39. The van der Waals surface area contributed by atoms with Gasteiger partial charge in [0, 0.05) is 20.1 Å².